The van der Waals surface area contributed by atoms with Gasteiger partial charge in [-0.05, 0) is 34.9 Å². The molecular weight excluding hydrogens is 474 g/mol. The number of hydrogen-bond donors (Lipinski definition) is 0. The van der Waals surface area contributed by atoms with Crippen molar-refractivity contribution in [1.82, 2.24) is 4.57 Å². The summed E-state index contributed by atoms with van der Waals surface area (Å²) in [6, 6.07) is 30.7. The van der Waals surface area contributed by atoms with Gasteiger partial charge in [-0.3, -0.25) is 0 Å². The third-order valence-electron chi connectivity index (χ3n) is 6.55. The van der Waals surface area contributed by atoms with Crippen LogP contribution >= 0.6 is 0 Å². The average molecular weight is 494 g/mol. The Morgan fingerprint density at radius 3 is 1.62 bits per heavy atom. The van der Waals surface area contributed by atoms with Gasteiger partial charge in [0.1, 0.15) is 5.69 Å². The third-order valence-corrected chi connectivity index (χ3v) is 6.55. The van der Waals surface area contributed by atoms with Crippen LogP contribution in [0.2, 0.25) is 0 Å². The van der Waals surface area contributed by atoms with Gasteiger partial charge in [-0.1, -0.05) is 97.1 Å². The van der Waals surface area contributed by atoms with Gasteiger partial charge in [0.15, 0.2) is 23.3 Å². The highest BCUT2D eigenvalue weighted by atomic mass is 19.2. The lowest BCUT2D eigenvalue weighted by Crippen LogP contribution is -2.09. The van der Waals surface area contributed by atoms with E-state index in [9.17, 15) is 0 Å². The van der Waals surface area contributed by atoms with E-state index in [1.165, 1.54) is 10.6 Å². The van der Waals surface area contributed by atoms with Crippen molar-refractivity contribution in [2.24, 2.45) is 0 Å². The van der Waals surface area contributed by atoms with Crippen LogP contribution in [0.4, 0.5) is 17.6 Å². The summed E-state index contributed by atoms with van der Waals surface area (Å²) < 4.78 is 63.1. The molecule has 0 radical (unpaired) electrons. The minimum absolute atomic E-state index is 0.445. The summed E-state index contributed by atoms with van der Waals surface area (Å²) in [5.41, 5.74) is 1.71. The molecule has 1 heterocycles. The molecule has 0 atom stereocenters. The van der Waals surface area contributed by atoms with Gasteiger partial charge in [-0.2, -0.15) is 0 Å². The molecule has 1 nitrogen and oxygen atoms in total. The summed E-state index contributed by atoms with van der Waals surface area (Å²) >= 11 is 0. The minimum atomic E-state index is -1.46. The quantitative estimate of drug-likeness (QED) is 0.131. The van der Waals surface area contributed by atoms with E-state index in [2.05, 4.69) is 0 Å². The molecular formula is C32H19F4N. The number of hydrogen-bond acceptors (Lipinski definition) is 0. The van der Waals surface area contributed by atoms with Crippen molar-refractivity contribution in [3.8, 4) is 16.8 Å². The second kappa shape index (κ2) is 9.10. The minimum Gasteiger partial charge on any atom is -0.304 e. The topological polar surface area (TPSA) is 4.93 Å². The number of fused-ring (bicyclic) bond motifs is 3. The molecule has 0 aliphatic heterocycles. The van der Waals surface area contributed by atoms with E-state index in [4.69, 9.17) is 0 Å². The second-order valence-electron chi connectivity index (χ2n) is 8.67. The highest BCUT2D eigenvalue weighted by Crippen LogP contribution is 2.36. The largest absolute Gasteiger partial charge is 0.304 e. The standard InChI is InChI=1S/C32H19F4N/c33-28-25(19-18-21-12-4-5-13-22(21)20-10-2-1-3-11-20)29(34)31(36)32(30(28)35)37-26-16-8-6-14-23(26)24-15-7-9-17-27(24)37/h1-19H. The highest BCUT2D eigenvalue weighted by molar-refractivity contribution is 6.09. The van der Waals surface area contributed by atoms with Crippen LogP contribution in [-0.2, 0) is 0 Å². The second-order valence-corrected chi connectivity index (χ2v) is 8.67. The van der Waals surface area contributed by atoms with E-state index >= 15 is 17.6 Å². The number of halogens is 4. The molecule has 1 aromatic heterocycles. The van der Waals surface area contributed by atoms with Gasteiger partial charge >= 0.3 is 0 Å². The molecule has 6 aromatic rings. The zero-order valence-corrected chi connectivity index (χ0v) is 19.4. The van der Waals surface area contributed by atoms with Gasteiger partial charge in [0.25, 0.3) is 0 Å². The van der Waals surface area contributed by atoms with Gasteiger partial charge in [0.05, 0.1) is 16.6 Å². The monoisotopic (exact) mass is 493 g/mol. The van der Waals surface area contributed by atoms with Crippen LogP contribution in [0.1, 0.15) is 11.1 Å². The molecule has 0 spiro atoms. The van der Waals surface area contributed by atoms with Gasteiger partial charge < -0.3 is 4.57 Å². The van der Waals surface area contributed by atoms with Crippen LogP contribution in [0, 0.1) is 23.3 Å². The number of aromatic nitrogens is 1. The molecule has 0 unspecified atom stereocenters. The fourth-order valence-electron chi connectivity index (χ4n) is 4.84. The molecule has 5 heteroatoms. The first kappa shape index (κ1) is 22.8. The zero-order valence-electron chi connectivity index (χ0n) is 19.4. The molecule has 0 bridgehead atoms. The predicted octanol–water partition coefficient (Wildman–Crippen LogP) is 9.18. The molecule has 0 N–H and O–H groups in total. The predicted molar refractivity (Wildman–Crippen MR) is 141 cm³/mol. The number of para-hydroxylation sites is 2. The van der Waals surface area contributed by atoms with Gasteiger partial charge in [-0.15, -0.1) is 0 Å². The summed E-state index contributed by atoms with van der Waals surface area (Å²) in [5, 5.41) is 1.44. The molecule has 0 aliphatic rings. The summed E-state index contributed by atoms with van der Waals surface area (Å²) in [6.45, 7) is 0. The molecule has 0 fully saturated rings. The molecule has 180 valence electrons. The third kappa shape index (κ3) is 3.71. The van der Waals surface area contributed by atoms with Crippen LogP contribution in [0.3, 0.4) is 0 Å². The van der Waals surface area contributed by atoms with Crippen molar-refractivity contribution in [3.05, 3.63) is 138 Å². The van der Waals surface area contributed by atoms with E-state index in [1.807, 2.05) is 42.5 Å². The van der Waals surface area contributed by atoms with Crippen molar-refractivity contribution in [2.45, 2.75) is 0 Å². The summed E-state index contributed by atoms with van der Waals surface area (Å²) in [7, 11) is 0. The fraction of sp³-hybridized carbons (Fsp3) is 0. The van der Waals surface area contributed by atoms with Crippen LogP contribution < -0.4 is 0 Å². The molecule has 5 aromatic carbocycles. The maximum atomic E-state index is 15.6. The lowest BCUT2D eigenvalue weighted by molar-refractivity contribution is 0.447. The molecule has 0 saturated heterocycles. The lowest BCUT2D eigenvalue weighted by Gasteiger charge is -2.14. The Balaban J connectivity index is 1.53. The van der Waals surface area contributed by atoms with Crippen molar-refractivity contribution in [1.29, 1.82) is 0 Å². The number of benzene rings is 5. The molecule has 6 rings (SSSR count). The summed E-state index contributed by atoms with van der Waals surface area (Å²) in [5.74, 6) is -5.82. The Hall–Kier alpha value is -4.64. The van der Waals surface area contributed by atoms with Crippen LogP contribution in [0.25, 0.3) is 50.8 Å². The van der Waals surface area contributed by atoms with E-state index in [0.717, 1.165) is 28.0 Å². The van der Waals surface area contributed by atoms with Gasteiger partial charge in [0, 0.05) is 10.8 Å². The van der Waals surface area contributed by atoms with E-state index in [0.29, 0.717) is 16.6 Å². The molecule has 0 saturated carbocycles. The fourth-order valence-corrected chi connectivity index (χ4v) is 4.84. The first-order valence-corrected chi connectivity index (χ1v) is 11.7. The summed E-state index contributed by atoms with van der Waals surface area (Å²) in [6.07, 6.45) is 2.54. The van der Waals surface area contributed by atoms with Crippen molar-refractivity contribution in [3.63, 3.8) is 0 Å². The Bertz CT molecular complexity index is 1730. The Morgan fingerprint density at radius 1 is 0.486 bits per heavy atom. The maximum Gasteiger partial charge on any atom is 0.186 e. The Morgan fingerprint density at radius 2 is 1.00 bits per heavy atom. The van der Waals surface area contributed by atoms with Crippen molar-refractivity contribution >= 4 is 34.0 Å². The molecule has 37 heavy (non-hydrogen) atoms. The number of rotatable bonds is 4. The van der Waals surface area contributed by atoms with E-state index in [1.54, 1.807) is 60.7 Å². The van der Waals surface area contributed by atoms with E-state index < -0.39 is 34.5 Å². The van der Waals surface area contributed by atoms with Crippen molar-refractivity contribution < 1.29 is 17.6 Å². The first-order chi connectivity index (χ1) is 18.1. The van der Waals surface area contributed by atoms with Gasteiger partial charge in [-0.25, -0.2) is 17.6 Å². The van der Waals surface area contributed by atoms with Crippen LogP contribution in [-0.4, -0.2) is 4.57 Å². The zero-order chi connectivity index (χ0) is 25.5. The molecule has 0 aliphatic carbocycles. The van der Waals surface area contributed by atoms with Gasteiger partial charge in [0.2, 0.25) is 0 Å². The van der Waals surface area contributed by atoms with E-state index in [-0.39, 0.29) is 0 Å². The Labute approximate surface area is 210 Å². The average Bonchev–Trinajstić information content (AvgIpc) is 3.27. The maximum absolute atomic E-state index is 15.6. The lowest BCUT2D eigenvalue weighted by atomic mass is 9.98. The Kier molecular flexibility index (Phi) is 5.61. The van der Waals surface area contributed by atoms with Crippen LogP contribution in [0.15, 0.2) is 103 Å². The smallest absolute Gasteiger partial charge is 0.186 e. The summed E-state index contributed by atoms with van der Waals surface area (Å²) in [4.78, 5) is 0. The van der Waals surface area contributed by atoms with Crippen molar-refractivity contribution in [2.75, 3.05) is 0 Å². The SMILES string of the molecule is Fc1c(F)c(-n2c3ccccc3c3ccccc32)c(F)c(F)c1C=Cc1ccccc1-c1ccccc1. The first-order valence-electron chi connectivity index (χ1n) is 11.7. The number of nitrogens with zero attached hydrogens (tertiary/aromatic N) is 1. The normalized spacial score (nSPS) is 11.7. The van der Waals surface area contributed by atoms with Crippen LogP contribution in [0.5, 0.6) is 0 Å². The molecule has 0 amide bonds. The highest BCUT2D eigenvalue weighted by Gasteiger charge is 2.27.